The Morgan fingerprint density at radius 3 is 2.91 bits per heavy atom. The van der Waals surface area contributed by atoms with Crippen molar-refractivity contribution in [2.24, 2.45) is 0 Å². The summed E-state index contributed by atoms with van der Waals surface area (Å²) in [6.07, 6.45) is 0.227. The zero-order valence-corrected chi connectivity index (χ0v) is 19.4. The van der Waals surface area contributed by atoms with Gasteiger partial charge in [-0.2, -0.15) is 0 Å². The van der Waals surface area contributed by atoms with Crippen LogP contribution in [-0.4, -0.2) is 60.4 Å². The van der Waals surface area contributed by atoms with Gasteiger partial charge < -0.3 is 29.2 Å². The van der Waals surface area contributed by atoms with Gasteiger partial charge in [0.1, 0.15) is 29.3 Å². The SMILES string of the molecule is CCOc1cc(O[C@@H]2CCN(C)CC2(F)F)c2c(Nc3c(Cl)ccc4c3OCO4)ncnc2c1. The molecule has 1 saturated heterocycles. The van der Waals surface area contributed by atoms with Crippen LogP contribution < -0.4 is 24.3 Å². The number of nitrogens with one attached hydrogen (secondary N) is 1. The smallest absolute Gasteiger partial charge is 0.296 e. The van der Waals surface area contributed by atoms with E-state index in [0.29, 0.717) is 57.8 Å². The van der Waals surface area contributed by atoms with Crippen LogP contribution in [0, 0.1) is 0 Å². The summed E-state index contributed by atoms with van der Waals surface area (Å²) in [7, 11) is 1.67. The fourth-order valence-electron chi connectivity index (χ4n) is 4.14. The number of aromatic nitrogens is 2. The third-order valence-corrected chi connectivity index (χ3v) is 6.03. The van der Waals surface area contributed by atoms with Crippen molar-refractivity contribution in [2.75, 3.05) is 38.9 Å². The van der Waals surface area contributed by atoms with Gasteiger partial charge in [0, 0.05) is 25.1 Å². The van der Waals surface area contributed by atoms with Gasteiger partial charge in [0.05, 0.1) is 29.1 Å². The molecule has 2 aliphatic heterocycles. The predicted molar refractivity (Wildman–Crippen MR) is 123 cm³/mol. The Hall–Kier alpha value is -3.11. The number of benzene rings is 2. The molecule has 1 atom stereocenters. The molecule has 0 unspecified atom stereocenters. The van der Waals surface area contributed by atoms with Crippen LogP contribution in [0.1, 0.15) is 13.3 Å². The number of fused-ring (bicyclic) bond motifs is 2. The van der Waals surface area contributed by atoms with Gasteiger partial charge in [0.15, 0.2) is 17.6 Å². The fourth-order valence-corrected chi connectivity index (χ4v) is 4.33. The lowest BCUT2D eigenvalue weighted by molar-refractivity contribution is -0.134. The van der Waals surface area contributed by atoms with E-state index in [4.69, 9.17) is 30.5 Å². The molecule has 0 bridgehead atoms. The number of alkyl halides is 2. The average Bonchev–Trinajstić information content (AvgIpc) is 3.26. The third-order valence-electron chi connectivity index (χ3n) is 5.71. The van der Waals surface area contributed by atoms with Crippen LogP contribution in [-0.2, 0) is 0 Å². The lowest BCUT2D eigenvalue weighted by Crippen LogP contribution is -2.52. The first-order valence-corrected chi connectivity index (χ1v) is 11.2. The molecule has 11 heteroatoms. The summed E-state index contributed by atoms with van der Waals surface area (Å²) in [5.74, 6) is -1.08. The fraction of sp³-hybridized carbons (Fsp3) is 0.391. The van der Waals surface area contributed by atoms with Crippen LogP contribution >= 0.6 is 11.6 Å². The number of nitrogens with zero attached hydrogens (tertiary/aromatic N) is 3. The minimum atomic E-state index is -3.03. The van der Waals surface area contributed by atoms with Crippen molar-refractivity contribution in [1.29, 1.82) is 0 Å². The Kier molecular flexibility index (Phi) is 5.95. The molecule has 3 heterocycles. The molecule has 8 nitrogen and oxygen atoms in total. The van der Waals surface area contributed by atoms with E-state index in [-0.39, 0.29) is 25.5 Å². The van der Waals surface area contributed by atoms with Crippen molar-refractivity contribution in [3.63, 3.8) is 0 Å². The maximum Gasteiger partial charge on any atom is 0.296 e. The first-order valence-electron chi connectivity index (χ1n) is 10.9. The van der Waals surface area contributed by atoms with Gasteiger partial charge in [0.25, 0.3) is 5.92 Å². The second-order valence-corrected chi connectivity index (χ2v) is 8.55. The van der Waals surface area contributed by atoms with Crippen molar-refractivity contribution in [3.8, 4) is 23.0 Å². The normalized spacial score (nSPS) is 19.3. The van der Waals surface area contributed by atoms with Crippen LogP contribution in [0.15, 0.2) is 30.6 Å². The van der Waals surface area contributed by atoms with Crippen LogP contribution in [0.2, 0.25) is 5.02 Å². The standard InChI is InChI=1S/C23H23ClF2N4O4/c1-3-31-13-8-15-19(17(9-13)34-18-6-7-30(2)10-23(18,25)26)22(28-11-27-15)29-20-14(24)4-5-16-21(20)33-12-32-16/h4-5,8-9,11,18H,3,6-7,10,12H2,1-2H3,(H,27,28,29)/t18-/m1/s1. The molecule has 0 aliphatic carbocycles. The molecule has 1 N–H and O–H groups in total. The minimum Gasteiger partial charge on any atom is -0.494 e. The quantitative estimate of drug-likeness (QED) is 0.522. The van der Waals surface area contributed by atoms with Gasteiger partial charge in [-0.25, -0.2) is 18.7 Å². The molecule has 5 rings (SSSR count). The highest BCUT2D eigenvalue weighted by Gasteiger charge is 2.45. The largest absolute Gasteiger partial charge is 0.494 e. The predicted octanol–water partition coefficient (Wildman–Crippen LogP) is 4.87. The molecule has 2 aliphatic rings. The number of likely N-dealkylation sites (tertiary alicyclic amines) is 1. The highest BCUT2D eigenvalue weighted by Crippen LogP contribution is 2.46. The highest BCUT2D eigenvalue weighted by molar-refractivity contribution is 6.34. The van der Waals surface area contributed by atoms with E-state index in [1.165, 1.54) is 6.33 Å². The zero-order valence-electron chi connectivity index (χ0n) is 18.6. The van der Waals surface area contributed by atoms with Gasteiger partial charge >= 0.3 is 0 Å². The molecule has 3 aromatic rings. The monoisotopic (exact) mass is 492 g/mol. The van der Waals surface area contributed by atoms with Gasteiger partial charge in [-0.15, -0.1) is 0 Å². The van der Waals surface area contributed by atoms with Crippen molar-refractivity contribution in [3.05, 3.63) is 35.6 Å². The topological polar surface area (TPSA) is 78.0 Å². The number of ether oxygens (including phenoxy) is 4. The molecule has 1 fully saturated rings. The van der Waals surface area contributed by atoms with Crippen molar-refractivity contribution >= 4 is 34.0 Å². The van der Waals surface area contributed by atoms with E-state index >= 15 is 0 Å². The Morgan fingerprint density at radius 1 is 1.26 bits per heavy atom. The molecule has 2 aromatic carbocycles. The molecular formula is C23H23ClF2N4O4. The molecule has 180 valence electrons. The Labute approximate surface area is 199 Å². The maximum absolute atomic E-state index is 14.8. The van der Waals surface area contributed by atoms with Gasteiger partial charge in [-0.05, 0) is 26.1 Å². The third kappa shape index (κ3) is 4.23. The van der Waals surface area contributed by atoms with E-state index in [0.717, 1.165) is 0 Å². The first-order chi connectivity index (χ1) is 16.4. The number of rotatable bonds is 6. The summed E-state index contributed by atoms with van der Waals surface area (Å²) in [4.78, 5) is 10.3. The number of hydrogen-bond donors (Lipinski definition) is 1. The summed E-state index contributed by atoms with van der Waals surface area (Å²) in [6, 6.07) is 6.68. The zero-order chi connectivity index (χ0) is 23.9. The molecule has 0 spiro atoms. The first kappa shape index (κ1) is 22.7. The Bertz CT molecular complexity index is 1230. The average molecular weight is 493 g/mol. The van der Waals surface area contributed by atoms with E-state index in [1.807, 2.05) is 6.92 Å². The highest BCUT2D eigenvalue weighted by atomic mass is 35.5. The van der Waals surface area contributed by atoms with E-state index in [1.54, 1.807) is 36.2 Å². The molecule has 0 amide bonds. The lowest BCUT2D eigenvalue weighted by atomic mass is 10.0. The van der Waals surface area contributed by atoms with Crippen LogP contribution in [0.4, 0.5) is 20.3 Å². The van der Waals surface area contributed by atoms with Gasteiger partial charge in [0.2, 0.25) is 6.79 Å². The lowest BCUT2D eigenvalue weighted by Gasteiger charge is -2.36. The van der Waals surface area contributed by atoms with E-state index in [2.05, 4.69) is 15.3 Å². The summed E-state index contributed by atoms with van der Waals surface area (Å²) in [5, 5.41) is 3.97. The summed E-state index contributed by atoms with van der Waals surface area (Å²) < 4.78 is 52.2. The van der Waals surface area contributed by atoms with Gasteiger partial charge in [-0.3, -0.25) is 0 Å². The van der Waals surface area contributed by atoms with Crippen molar-refractivity contribution in [1.82, 2.24) is 14.9 Å². The number of anilines is 2. The molecular weight excluding hydrogens is 470 g/mol. The summed E-state index contributed by atoms with van der Waals surface area (Å²) in [6.45, 7) is 2.41. The number of halogens is 3. The Balaban J connectivity index is 1.60. The number of piperidine rings is 1. The molecule has 34 heavy (non-hydrogen) atoms. The second-order valence-electron chi connectivity index (χ2n) is 8.15. The maximum atomic E-state index is 14.8. The van der Waals surface area contributed by atoms with Crippen molar-refractivity contribution in [2.45, 2.75) is 25.4 Å². The van der Waals surface area contributed by atoms with Crippen LogP contribution in [0.3, 0.4) is 0 Å². The molecule has 0 saturated carbocycles. The number of hydrogen-bond acceptors (Lipinski definition) is 8. The minimum absolute atomic E-state index is 0.0617. The van der Waals surface area contributed by atoms with Crippen LogP contribution in [0.25, 0.3) is 10.9 Å². The molecule has 1 aromatic heterocycles. The second kappa shape index (κ2) is 8.92. The van der Waals surface area contributed by atoms with Gasteiger partial charge in [-0.1, -0.05) is 11.6 Å². The molecule has 0 radical (unpaired) electrons. The van der Waals surface area contributed by atoms with Crippen LogP contribution in [0.5, 0.6) is 23.0 Å². The van der Waals surface area contributed by atoms with Crippen molar-refractivity contribution < 1.29 is 27.7 Å². The summed E-state index contributed by atoms with van der Waals surface area (Å²) >= 11 is 6.43. The van der Waals surface area contributed by atoms with E-state index < -0.39 is 12.0 Å². The summed E-state index contributed by atoms with van der Waals surface area (Å²) in [5.41, 5.74) is 0.914. The van der Waals surface area contributed by atoms with E-state index in [9.17, 15) is 8.78 Å². The Morgan fingerprint density at radius 2 is 2.12 bits per heavy atom.